The number of anilines is 1. The highest BCUT2D eigenvalue weighted by Crippen LogP contribution is 2.00. The van der Waals surface area contributed by atoms with Crippen LogP contribution in [-0.4, -0.2) is 17.5 Å². The molecular weight excluding hydrogens is 215 g/mol. The van der Waals surface area contributed by atoms with Crippen LogP contribution < -0.4 is 11.3 Å². The molecular formula is C6H11FN2O4S. The van der Waals surface area contributed by atoms with Crippen LogP contribution >= 0.6 is 0 Å². The average molecular weight is 226 g/mol. The van der Waals surface area contributed by atoms with E-state index in [1.54, 1.807) is 0 Å². The Kier molecular flexibility index (Phi) is 7.86. The minimum atomic E-state index is -4.67. The first-order chi connectivity index (χ1) is 5.93. The van der Waals surface area contributed by atoms with E-state index in [-0.39, 0.29) is 4.70 Å². The summed E-state index contributed by atoms with van der Waals surface area (Å²) in [4.78, 5) is 0. The molecule has 0 aliphatic carbocycles. The van der Waals surface area contributed by atoms with E-state index < -0.39 is 10.4 Å². The second kappa shape index (κ2) is 7.21. The monoisotopic (exact) mass is 226 g/mol. The molecule has 6 nitrogen and oxygen atoms in total. The van der Waals surface area contributed by atoms with Crippen molar-refractivity contribution in [1.29, 1.82) is 0 Å². The van der Waals surface area contributed by atoms with Gasteiger partial charge in [-0.05, 0) is 12.1 Å². The van der Waals surface area contributed by atoms with Crippen LogP contribution in [0.5, 0.6) is 0 Å². The van der Waals surface area contributed by atoms with Gasteiger partial charge < -0.3 is 5.43 Å². The van der Waals surface area contributed by atoms with Crippen molar-refractivity contribution in [1.82, 2.24) is 0 Å². The predicted molar refractivity (Wildman–Crippen MR) is 50.9 cm³/mol. The number of nitrogens with one attached hydrogen (secondary N) is 1. The van der Waals surface area contributed by atoms with Crippen molar-refractivity contribution < 1.29 is 22.2 Å². The van der Waals surface area contributed by atoms with Crippen LogP contribution in [0.3, 0.4) is 0 Å². The Balaban J connectivity index is 0. The van der Waals surface area contributed by atoms with Crippen LogP contribution in [-0.2, 0) is 10.4 Å². The van der Waals surface area contributed by atoms with Crippen LogP contribution in [0.2, 0.25) is 0 Å². The van der Waals surface area contributed by atoms with Gasteiger partial charge in [-0.3, -0.25) is 19.7 Å². The van der Waals surface area contributed by atoms with Crippen molar-refractivity contribution >= 4 is 16.1 Å². The van der Waals surface area contributed by atoms with E-state index in [1.165, 1.54) is 0 Å². The maximum absolute atomic E-state index is 8.74. The molecule has 0 unspecified atom stereocenters. The lowest BCUT2D eigenvalue weighted by atomic mass is 10.3. The first kappa shape index (κ1) is 15.3. The number of hydrogen-bond donors (Lipinski definition) is 4. The molecule has 0 aliphatic rings. The van der Waals surface area contributed by atoms with Gasteiger partial charge in [-0.1, -0.05) is 18.2 Å². The smallest absolute Gasteiger partial charge is 0.324 e. The lowest BCUT2D eigenvalue weighted by Gasteiger charge is -1.94. The van der Waals surface area contributed by atoms with Gasteiger partial charge in [-0.2, -0.15) is 8.42 Å². The first-order valence-corrected chi connectivity index (χ1v) is 4.54. The Hall–Kier alpha value is -1.22. The van der Waals surface area contributed by atoms with Gasteiger partial charge in [0.05, 0.1) is 0 Å². The topological polar surface area (TPSA) is 113 Å². The quantitative estimate of drug-likeness (QED) is 0.314. The molecule has 5 N–H and O–H groups in total. The number of benzene rings is 1. The normalized spacial score (nSPS) is 9.07. The lowest BCUT2D eigenvalue weighted by Crippen LogP contribution is -2.05. The number of halogens is 1. The summed E-state index contributed by atoms with van der Waals surface area (Å²) in [6.45, 7) is 0. The minimum Gasteiger partial charge on any atom is -0.324 e. The summed E-state index contributed by atoms with van der Waals surface area (Å²) in [5.74, 6) is 5.10. The van der Waals surface area contributed by atoms with Crippen molar-refractivity contribution in [3.8, 4) is 0 Å². The Bertz CT molecular complexity index is 321. The fourth-order valence-electron chi connectivity index (χ4n) is 0.534. The first-order valence-electron chi connectivity index (χ1n) is 3.15. The molecule has 0 aromatic heterocycles. The van der Waals surface area contributed by atoms with Gasteiger partial charge in [0.15, 0.2) is 0 Å². The van der Waals surface area contributed by atoms with Crippen LogP contribution in [0.15, 0.2) is 30.3 Å². The molecule has 0 bridgehead atoms. The van der Waals surface area contributed by atoms with Crippen molar-refractivity contribution in [2.45, 2.75) is 0 Å². The Morgan fingerprint density at radius 1 is 1.14 bits per heavy atom. The van der Waals surface area contributed by atoms with E-state index in [0.29, 0.717) is 0 Å². The summed E-state index contributed by atoms with van der Waals surface area (Å²) in [6, 6.07) is 9.60. The van der Waals surface area contributed by atoms with Gasteiger partial charge in [0.1, 0.15) is 0 Å². The van der Waals surface area contributed by atoms with Crippen molar-refractivity contribution in [3.05, 3.63) is 30.3 Å². The van der Waals surface area contributed by atoms with Crippen LogP contribution in [0.25, 0.3) is 0 Å². The van der Waals surface area contributed by atoms with Crippen molar-refractivity contribution in [3.63, 3.8) is 0 Å². The van der Waals surface area contributed by atoms with Crippen LogP contribution in [0, 0.1) is 0 Å². The van der Waals surface area contributed by atoms with Gasteiger partial charge in [0.25, 0.3) is 0 Å². The van der Waals surface area contributed by atoms with E-state index in [9.17, 15) is 0 Å². The molecule has 1 rings (SSSR count). The highest BCUT2D eigenvalue weighted by Gasteiger charge is 1.84. The molecule has 1 aromatic rings. The molecule has 0 saturated heterocycles. The van der Waals surface area contributed by atoms with Gasteiger partial charge in [0, 0.05) is 5.69 Å². The number of hydrogen-bond acceptors (Lipinski definition) is 4. The van der Waals surface area contributed by atoms with Crippen molar-refractivity contribution in [2.24, 2.45) is 5.84 Å². The largest absolute Gasteiger partial charge is 0.394 e. The number of hydrazine groups is 1. The molecule has 0 atom stereocenters. The Morgan fingerprint density at radius 3 is 1.71 bits per heavy atom. The summed E-state index contributed by atoms with van der Waals surface area (Å²) >= 11 is 0. The summed E-state index contributed by atoms with van der Waals surface area (Å²) in [7, 11) is -4.67. The Labute approximate surface area is 80.7 Å². The van der Waals surface area contributed by atoms with Crippen LogP contribution in [0.4, 0.5) is 10.4 Å². The zero-order chi connectivity index (χ0) is 10.3. The van der Waals surface area contributed by atoms with Crippen LogP contribution in [0.1, 0.15) is 0 Å². The van der Waals surface area contributed by atoms with E-state index in [2.05, 4.69) is 5.43 Å². The molecule has 8 heteroatoms. The molecule has 0 aliphatic heterocycles. The molecule has 0 heterocycles. The molecule has 82 valence electrons. The minimum absolute atomic E-state index is 0. The molecule has 0 spiro atoms. The summed E-state index contributed by atoms with van der Waals surface area (Å²) in [5, 5.41) is 0. The molecule has 0 fully saturated rings. The third kappa shape index (κ3) is 13.4. The summed E-state index contributed by atoms with van der Waals surface area (Å²) in [5.41, 5.74) is 3.46. The molecule has 1 aromatic carbocycles. The maximum Gasteiger partial charge on any atom is 0.394 e. The fourth-order valence-corrected chi connectivity index (χ4v) is 0.534. The summed E-state index contributed by atoms with van der Waals surface area (Å²) < 4.78 is 31.6. The lowest BCUT2D eigenvalue weighted by molar-refractivity contribution is 0.381. The second-order valence-electron chi connectivity index (χ2n) is 1.96. The zero-order valence-corrected chi connectivity index (χ0v) is 7.81. The van der Waals surface area contributed by atoms with Gasteiger partial charge >= 0.3 is 10.4 Å². The third-order valence-electron chi connectivity index (χ3n) is 0.940. The predicted octanol–water partition coefficient (Wildman–Crippen LogP) is 0.472. The third-order valence-corrected chi connectivity index (χ3v) is 0.940. The highest BCUT2D eigenvalue weighted by atomic mass is 32.3. The average Bonchev–Trinajstić information content (AvgIpc) is 2.03. The number of rotatable bonds is 1. The second-order valence-corrected chi connectivity index (χ2v) is 2.85. The molecule has 0 radical (unpaired) electrons. The standard InChI is InChI=1S/C6H8N2.FH.H2O4S/c7-8-6-4-2-1-3-5-6;;1-5(2,3)4/h1-5,8H,7H2;1H;(H2,1,2,3,4). The Morgan fingerprint density at radius 2 is 1.50 bits per heavy atom. The van der Waals surface area contributed by atoms with E-state index >= 15 is 0 Å². The zero-order valence-electron chi connectivity index (χ0n) is 6.99. The van der Waals surface area contributed by atoms with E-state index in [4.69, 9.17) is 23.4 Å². The van der Waals surface area contributed by atoms with Crippen molar-refractivity contribution in [2.75, 3.05) is 5.43 Å². The molecule has 0 saturated carbocycles. The van der Waals surface area contributed by atoms with E-state index in [1.807, 2.05) is 30.3 Å². The fraction of sp³-hybridized carbons (Fsp3) is 0. The SMILES string of the molecule is F.NNc1ccccc1.O=S(=O)(O)O. The van der Waals surface area contributed by atoms with E-state index in [0.717, 1.165) is 5.69 Å². The van der Waals surface area contributed by atoms with Gasteiger partial charge in [0.2, 0.25) is 0 Å². The number of nitrogen functional groups attached to an aromatic ring is 1. The van der Waals surface area contributed by atoms with Gasteiger partial charge in [-0.15, -0.1) is 0 Å². The molecule has 14 heavy (non-hydrogen) atoms. The summed E-state index contributed by atoms with van der Waals surface area (Å²) in [6.07, 6.45) is 0. The number of nitrogens with two attached hydrogens (primary N) is 1. The number of para-hydroxylation sites is 1. The maximum atomic E-state index is 8.74. The molecule has 0 amide bonds. The highest BCUT2D eigenvalue weighted by molar-refractivity contribution is 7.79. The van der Waals surface area contributed by atoms with Gasteiger partial charge in [-0.25, -0.2) is 0 Å².